The van der Waals surface area contributed by atoms with Gasteiger partial charge in [-0.25, -0.2) is 0 Å². The van der Waals surface area contributed by atoms with Crippen molar-refractivity contribution < 1.29 is 0 Å². The number of fused-ring (bicyclic) bond motifs is 3. The molecule has 0 amide bonds. The molecule has 0 fully saturated rings. The summed E-state index contributed by atoms with van der Waals surface area (Å²) in [6.45, 7) is 0. The molecule has 0 heterocycles. The molecule has 11 rings (SSSR count). The van der Waals surface area contributed by atoms with Gasteiger partial charge >= 0.3 is 0 Å². The van der Waals surface area contributed by atoms with Crippen LogP contribution >= 0.6 is 11.6 Å². The predicted molar refractivity (Wildman–Crippen MR) is 269 cm³/mol. The highest BCUT2D eigenvalue weighted by Crippen LogP contribution is 2.59. The average molecular weight is 839 g/mol. The molecule has 0 N–H and O–H groups in total. The van der Waals surface area contributed by atoms with Crippen LogP contribution in [0.5, 0.6) is 0 Å². The van der Waals surface area contributed by atoms with Crippen molar-refractivity contribution >= 4 is 45.7 Å². The number of halogens is 1. The van der Waals surface area contributed by atoms with Crippen molar-refractivity contribution in [3.05, 3.63) is 288 Å². The maximum atomic E-state index is 6.97. The second-order valence-corrected chi connectivity index (χ2v) is 16.7. The minimum atomic E-state index is -0.560. The Hall–Kier alpha value is -7.91. The molecule has 0 aliphatic heterocycles. The number of hydrogen-bond acceptors (Lipinski definition) is 2. The SMILES string of the molecule is Clc1cccc(N(c2cc(-c3ccc(-c4ccccc4)cc3)cc(N(c3ccccc3)c3ccccc3)c2)c2cccc3c2-c2ccccc2C3(c2ccccc2)c2ccccc2)c1. The summed E-state index contributed by atoms with van der Waals surface area (Å²) in [6, 6.07) is 93.8. The van der Waals surface area contributed by atoms with Gasteiger partial charge in [0, 0.05) is 39.0 Å². The zero-order chi connectivity index (χ0) is 42.9. The number of hydrogen-bond donors (Lipinski definition) is 0. The Morgan fingerprint density at radius 1 is 0.297 bits per heavy atom. The Morgan fingerprint density at radius 3 is 1.34 bits per heavy atom. The van der Waals surface area contributed by atoms with Gasteiger partial charge in [0.2, 0.25) is 0 Å². The van der Waals surface area contributed by atoms with Crippen LogP contribution in [0, 0.1) is 0 Å². The highest BCUT2D eigenvalue weighted by molar-refractivity contribution is 6.31. The molecule has 0 bridgehead atoms. The van der Waals surface area contributed by atoms with Crippen LogP contribution in [0.3, 0.4) is 0 Å². The van der Waals surface area contributed by atoms with E-state index in [-0.39, 0.29) is 0 Å². The summed E-state index contributed by atoms with van der Waals surface area (Å²) >= 11 is 6.97. The summed E-state index contributed by atoms with van der Waals surface area (Å²) in [6.07, 6.45) is 0. The molecular weight excluding hydrogens is 796 g/mol. The molecule has 0 spiro atoms. The van der Waals surface area contributed by atoms with Gasteiger partial charge < -0.3 is 9.80 Å². The highest BCUT2D eigenvalue weighted by atomic mass is 35.5. The second kappa shape index (κ2) is 16.8. The first-order valence-corrected chi connectivity index (χ1v) is 22.2. The third kappa shape index (κ3) is 6.86. The van der Waals surface area contributed by atoms with E-state index in [2.05, 4.69) is 259 Å². The molecule has 1 aliphatic carbocycles. The smallest absolute Gasteiger partial charge is 0.0714 e. The first-order valence-electron chi connectivity index (χ1n) is 21.8. The Kier molecular flexibility index (Phi) is 10.2. The first-order chi connectivity index (χ1) is 31.7. The number of benzene rings is 10. The van der Waals surface area contributed by atoms with Gasteiger partial charge in [-0.05, 0) is 117 Å². The molecule has 0 unspecified atom stereocenters. The summed E-state index contributed by atoms with van der Waals surface area (Å²) in [5.41, 5.74) is 17.5. The molecule has 1 aliphatic rings. The maximum Gasteiger partial charge on any atom is 0.0714 e. The van der Waals surface area contributed by atoms with E-state index in [1.165, 1.54) is 44.5 Å². The topological polar surface area (TPSA) is 6.48 Å². The monoisotopic (exact) mass is 838 g/mol. The quantitative estimate of drug-likeness (QED) is 0.135. The summed E-state index contributed by atoms with van der Waals surface area (Å²) in [5, 5.41) is 0.668. The molecule has 0 aromatic heterocycles. The van der Waals surface area contributed by atoms with E-state index in [1.54, 1.807) is 0 Å². The van der Waals surface area contributed by atoms with Crippen LogP contribution in [-0.4, -0.2) is 0 Å². The zero-order valence-corrected chi connectivity index (χ0v) is 35.9. The second-order valence-electron chi connectivity index (χ2n) is 16.2. The summed E-state index contributed by atoms with van der Waals surface area (Å²) in [5.74, 6) is 0. The van der Waals surface area contributed by atoms with Crippen LogP contribution in [0.4, 0.5) is 34.1 Å². The van der Waals surface area contributed by atoms with Crippen molar-refractivity contribution in [2.45, 2.75) is 5.41 Å². The van der Waals surface area contributed by atoms with Gasteiger partial charge in [-0.1, -0.05) is 206 Å². The van der Waals surface area contributed by atoms with Crippen molar-refractivity contribution in [3.63, 3.8) is 0 Å². The fourth-order valence-electron chi connectivity index (χ4n) is 9.81. The summed E-state index contributed by atoms with van der Waals surface area (Å²) in [7, 11) is 0. The highest BCUT2D eigenvalue weighted by Gasteiger charge is 2.47. The third-order valence-electron chi connectivity index (χ3n) is 12.5. The van der Waals surface area contributed by atoms with E-state index in [1.807, 2.05) is 12.1 Å². The molecule has 10 aromatic rings. The number of nitrogens with zero attached hydrogens (tertiary/aromatic N) is 2. The average Bonchev–Trinajstić information content (AvgIpc) is 3.67. The van der Waals surface area contributed by atoms with Crippen molar-refractivity contribution in [2.24, 2.45) is 0 Å². The minimum Gasteiger partial charge on any atom is -0.310 e. The molecule has 2 nitrogen and oxygen atoms in total. The van der Waals surface area contributed by atoms with Crippen molar-refractivity contribution in [3.8, 4) is 33.4 Å². The lowest BCUT2D eigenvalue weighted by molar-refractivity contribution is 0.768. The molecule has 64 heavy (non-hydrogen) atoms. The first kappa shape index (κ1) is 39.0. The lowest BCUT2D eigenvalue weighted by Gasteiger charge is -2.34. The van der Waals surface area contributed by atoms with E-state index in [0.29, 0.717) is 5.02 Å². The van der Waals surface area contributed by atoms with Gasteiger partial charge in [-0.15, -0.1) is 0 Å². The van der Waals surface area contributed by atoms with Gasteiger partial charge in [-0.3, -0.25) is 0 Å². The van der Waals surface area contributed by atoms with Gasteiger partial charge in [-0.2, -0.15) is 0 Å². The fourth-order valence-corrected chi connectivity index (χ4v) is 9.99. The molecule has 0 saturated carbocycles. The molecule has 0 atom stereocenters. The van der Waals surface area contributed by atoms with E-state index < -0.39 is 5.41 Å². The Balaban J connectivity index is 1.20. The van der Waals surface area contributed by atoms with Gasteiger partial charge in [0.15, 0.2) is 0 Å². The standard InChI is InChI=1S/C61H43ClN2/c62-50-26-18-31-53(42-50)64(59-35-19-34-58-60(59)56-32-16-17-33-57(56)61(58,48-22-8-2-9-23-48)49-24-10-3-11-25-49)55-41-47(46-38-36-45(37-39-46)44-20-6-1-7-21-44)40-54(43-55)63(51-27-12-4-13-28-51)52-29-14-5-15-30-52/h1-43H. The largest absolute Gasteiger partial charge is 0.310 e. The molecule has 304 valence electrons. The van der Waals surface area contributed by atoms with Crippen LogP contribution < -0.4 is 9.80 Å². The van der Waals surface area contributed by atoms with Crippen LogP contribution in [-0.2, 0) is 5.41 Å². The van der Waals surface area contributed by atoms with Gasteiger partial charge in [0.25, 0.3) is 0 Å². The third-order valence-corrected chi connectivity index (χ3v) is 12.8. The molecule has 3 heteroatoms. The summed E-state index contributed by atoms with van der Waals surface area (Å²) in [4.78, 5) is 4.76. The molecule has 0 saturated heterocycles. The lowest BCUT2D eigenvalue weighted by atomic mass is 9.68. The Morgan fingerprint density at radius 2 is 0.750 bits per heavy atom. The van der Waals surface area contributed by atoms with Crippen LogP contribution in [0.1, 0.15) is 22.3 Å². The lowest BCUT2D eigenvalue weighted by Crippen LogP contribution is -2.28. The predicted octanol–water partition coefficient (Wildman–Crippen LogP) is 17.0. The fraction of sp³-hybridized carbons (Fsp3) is 0.0164. The minimum absolute atomic E-state index is 0.560. The van der Waals surface area contributed by atoms with E-state index >= 15 is 0 Å². The normalized spacial score (nSPS) is 12.3. The van der Waals surface area contributed by atoms with E-state index in [0.717, 1.165) is 45.3 Å². The number of rotatable bonds is 10. The van der Waals surface area contributed by atoms with Crippen LogP contribution in [0.15, 0.2) is 261 Å². The Labute approximate surface area is 380 Å². The molecule has 10 aromatic carbocycles. The van der Waals surface area contributed by atoms with E-state index in [9.17, 15) is 0 Å². The van der Waals surface area contributed by atoms with Crippen LogP contribution in [0.25, 0.3) is 33.4 Å². The van der Waals surface area contributed by atoms with E-state index in [4.69, 9.17) is 11.6 Å². The number of anilines is 6. The van der Waals surface area contributed by atoms with Crippen molar-refractivity contribution in [2.75, 3.05) is 9.80 Å². The van der Waals surface area contributed by atoms with Gasteiger partial charge in [0.1, 0.15) is 0 Å². The zero-order valence-electron chi connectivity index (χ0n) is 35.1. The van der Waals surface area contributed by atoms with Crippen molar-refractivity contribution in [1.29, 1.82) is 0 Å². The van der Waals surface area contributed by atoms with Crippen LogP contribution in [0.2, 0.25) is 5.02 Å². The van der Waals surface area contributed by atoms with Crippen molar-refractivity contribution in [1.82, 2.24) is 0 Å². The molecular formula is C61H43ClN2. The number of para-hydroxylation sites is 2. The molecule has 0 radical (unpaired) electrons. The van der Waals surface area contributed by atoms with Gasteiger partial charge in [0.05, 0.1) is 11.1 Å². The summed E-state index contributed by atoms with van der Waals surface area (Å²) < 4.78 is 0. The Bertz CT molecular complexity index is 3130. The maximum absolute atomic E-state index is 6.97.